The van der Waals surface area contributed by atoms with E-state index in [0.717, 1.165) is 0 Å². The van der Waals surface area contributed by atoms with E-state index in [1.807, 2.05) is 5.32 Å². The second-order valence-electron chi connectivity index (χ2n) is 1.70. The van der Waals surface area contributed by atoms with Gasteiger partial charge < -0.3 is 10.6 Å². The highest BCUT2D eigenvalue weighted by Crippen LogP contribution is 1.89. The van der Waals surface area contributed by atoms with Gasteiger partial charge in [0.15, 0.2) is 0 Å². The highest BCUT2D eigenvalue weighted by molar-refractivity contribution is 5.78. The smallest absolute Gasteiger partial charge is 0.315 e. The Labute approximate surface area is 57.8 Å². The molecular weight excluding hydrogens is 142 g/mol. The molecule has 0 aromatic carbocycles. The van der Waals surface area contributed by atoms with Crippen molar-refractivity contribution in [1.82, 2.24) is 10.6 Å². The van der Waals surface area contributed by atoms with Crippen LogP contribution in [0.2, 0.25) is 0 Å². The minimum absolute atomic E-state index is 0.236. The topological polar surface area (TPSA) is 41.1 Å². The Bertz CT molecular complexity index is 108. The third kappa shape index (κ3) is 4.20. The number of rotatable bonds is 4. The fraction of sp³-hybridized carbons (Fsp3) is 0.800. The maximum absolute atomic E-state index is 11.4. The average Bonchev–Trinajstić information content (AvgIpc) is 1.88. The molecule has 10 heavy (non-hydrogen) atoms. The van der Waals surface area contributed by atoms with E-state index < -0.39 is 12.3 Å². The first-order valence-corrected chi connectivity index (χ1v) is 2.89. The van der Waals surface area contributed by atoms with E-state index >= 15 is 0 Å². The van der Waals surface area contributed by atoms with Crippen LogP contribution in [-0.4, -0.2) is 32.5 Å². The van der Waals surface area contributed by atoms with Crippen molar-refractivity contribution in [2.45, 2.75) is 6.43 Å². The molecular formula is C5H10F2N2O. The molecule has 2 N–H and O–H groups in total. The van der Waals surface area contributed by atoms with Crippen LogP contribution in [0.1, 0.15) is 0 Å². The maximum Gasteiger partial charge on any atom is 0.315 e. The lowest BCUT2D eigenvalue weighted by Crippen LogP contribution is -2.34. The minimum atomic E-state index is -2.91. The van der Waals surface area contributed by atoms with Crippen molar-refractivity contribution in [3.8, 4) is 0 Å². The van der Waals surface area contributed by atoms with E-state index in [9.17, 15) is 13.6 Å². The molecule has 0 saturated heterocycles. The molecule has 0 unspecified atom stereocenters. The lowest BCUT2D eigenvalue weighted by Gasteiger charge is -2.01. The third-order valence-corrected chi connectivity index (χ3v) is 0.872. The van der Waals surface area contributed by atoms with Gasteiger partial charge in [0.1, 0.15) is 0 Å². The van der Waals surface area contributed by atoms with Crippen molar-refractivity contribution in [3.05, 3.63) is 0 Å². The molecule has 0 saturated carbocycles. The van der Waals surface area contributed by atoms with E-state index in [2.05, 4.69) is 5.32 Å². The SMILES string of the molecule is CNCCNC(=O)C(F)F. The number of nitrogens with one attached hydrogen (secondary N) is 2. The number of carbonyl (C=O) groups is 1. The van der Waals surface area contributed by atoms with Gasteiger partial charge in [-0.25, -0.2) is 0 Å². The molecule has 3 nitrogen and oxygen atoms in total. The fourth-order valence-electron chi connectivity index (χ4n) is 0.388. The molecule has 0 aliphatic carbocycles. The minimum Gasteiger partial charge on any atom is -0.350 e. The van der Waals surface area contributed by atoms with Crippen LogP contribution in [0, 0.1) is 0 Å². The predicted molar refractivity (Wildman–Crippen MR) is 32.9 cm³/mol. The average molecular weight is 152 g/mol. The lowest BCUT2D eigenvalue weighted by atomic mass is 10.5. The van der Waals surface area contributed by atoms with Gasteiger partial charge in [0.05, 0.1) is 0 Å². The summed E-state index contributed by atoms with van der Waals surface area (Å²) in [4.78, 5) is 10.1. The van der Waals surface area contributed by atoms with Gasteiger partial charge in [0, 0.05) is 13.1 Å². The van der Waals surface area contributed by atoms with Gasteiger partial charge >= 0.3 is 6.43 Å². The second-order valence-corrected chi connectivity index (χ2v) is 1.70. The molecule has 0 fully saturated rings. The monoisotopic (exact) mass is 152 g/mol. The van der Waals surface area contributed by atoms with Gasteiger partial charge in [-0.05, 0) is 7.05 Å². The maximum atomic E-state index is 11.4. The van der Waals surface area contributed by atoms with Crippen molar-refractivity contribution < 1.29 is 13.6 Å². The van der Waals surface area contributed by atoms with Gasteiger partial charge in [0.2, 0.25) is 0 Å². The highest BCUT2D eigenvalue weighted by Gasteiger charge is 2.12. The van der Waals surface area contributed by atoms with Gasteiger partial charge in [-0.2, -0.15) is 8.78 Å². The van der Waals surface area contributed by atoms with Crippen molar-refractivity contribution in [3.63, 3.8) is 0 Å². The lowest BCUT2D eigenvalue weighted by molar-refractivity contribution is -0.131. The van der Waals surface area contributed by atoms with Gasteiger partial charge in [0.25, 0.3) is 5.91 Å². The van der Waals surface area contributed by atoms with Crippen molar-refractivity contribution in [2.24, 2.45) is 0 Å². The molecule has 0 radical (unpaired) electrons. The number of alkyl halides is 2. The number of hydrogen-bond acceptors (Lipinski definition) is 2. The van der Waals surface area contributed by atoms with Crippen molar-refractivity contribution in [2.75, 3.05) is 20.1 Å². The summed E-state index contributed by atoms with van der Waals surface area (Å²) in [7, 11) is 1.68. The molecule has 0 aromatic heterocycles. The summed E-state index contributed by atoms with van der Waals surface area (Å²) in [6.07, 6.45) is -2.91. The Kier molecular flexibility index (Phi) is 4.74. The number of carbonyl (C=O) groups excluding carboxylic acids is 1. The molecule has 0 aromatic rings. The molecule has 0 bridgehead atoms. The first kappa shape index (κ1) is 9.29. The van der Waals surface area contributed by atoms with Crippen LogP contribution in [0.3, 0.4) is 0 Å². The molecule has 60 valence electrons. The number of amides is 1. The Balaban J connectivity index is 3.22. The molecule has 5 heteroatoms. The summed E-state index contributed by atoms with van der Waals surface area (Å²) in [6.45, 7) is 0.734. The Hall–Kier alpha value is -0.710. The van der Waals surface area contributed by atoms with E-state index in [4.69, 9.17) is 0 Å². The Morgan fingerprint density at radius 3 is 2.50 bits per heavy atom. The van der Waals surface area contributed by atoms with Gasteiger partial charge in [-0.3, -0.25) is 4.79 Å². The van der Waals surface area contributed by atoms with Crippen molar-refractivity contribution in [1.29, 1.82) is 0 Å². The number of hydrogen-bond donors (Lipinski definition) is 2. The zero-order valence-corrected chi connectivity index (χ0v) is 5.66. The predicted octanol–water partition coefficient (Wildman–Crippen LogP) is -0.413. The molecule has 0 heterocycles. The van der Waals surface area contributed by atoms with Crippen LogP contribution in [0.5, 0.6) is 0 Å². The quantitative estimate of drug-likeness (QED) is 0.537. The molecule has 0 atom stereocenters. The summed E-state index contributed by atoms with van der Waals surface area (Å²) < 4.78 is 22.8. The molecule has 0 aliphatic heterocycles. The third-order valence-electron chi connectivity index (χ3n) is 0.872. The Morgan fingerprint density at radius 2 is 2.10 bits per heavy atom. The first-order chi connectivity index (χ1) is 4.68. The van der Waals surface area contributed by atoms with Crippen LogP contribution in [-0.2, 0) is 4.79 Å². The first-order valence-electron chi connectivity index (χ1n) is 2.89. The highest BCUT2D eigenvalue weighted by atomic mass is 19.3. The second kappa shape index (κ2) is 5.10. The zero-order valence-electron chi connectivity index (χ0n) is 5.66. The van der Waals surface area contributed by atoms with Crippen LogP contribution in [0.4, 0.5) is 8.78 Å². The van der Waals surface area contributed by atoms with E-state index in [1.165, 1.54) is 0 Å². The number of likely N-dealkylation sites (N-methyl/N-ethyl adjacent to an activating group) is 1. The molecule has 0 rings (SSSR count). The summed E-state index contributed by atoms with van der Waals surface area (Å²) in [5, 5.41) is 4.73. The van der Waals surface area contributed by atoms with E-state index in [0.29, 0.717) is 6.54 Å². The molecule has 0 aliphatic rings. The Morgan fingerprint density at radius 1 is 1.50 bits per heavy atom. The molecule has 0 spiro atoms. The van der Waals surface area contributed by atoms with Gasteiger partial charge in [-0.15, -0.1) is 0 Å². The van der Waals surface area contributed by atoms with Crippen LogP contribution < -0.4 is 10.6 Å². The number of halogens is 2. The van der Waals surface area contributed by atoms with Crippen LogP contribution >= 0.6 is 0 Å². The van der Waals surface area contributed by atoms with Crippen LogP contribution in [0.25, 0.3) is 0 Å². The summed E-state index contributed by atoms with van der Waals surface area (Å²) in [6, 6.07) is 0. The van der Waals surface area contributed by atoms with E-state index in [1.54, 1.807) is 7.05 Å². The largest absolute Gasteiger partial charge is 0.350 e. The summed E-state index contributed by atoms with van der Waals surface area (Å²) in [5.74, 6) is -1.21. The standard InChI is InChI=1S/C5H10F2N2O/c1-8-2-3-9-5(10)4(6)7/h4,8H,2-3H2,1H3,(H,9,10). The van der Waals surface area contributed by atoms with Gasteiger partial charge in [-0.1, -0.05) is 0 Å². The fourth-order valence-corrected chi connectivity index (χ4v) is 0.388. The summed E-state index contributed by atoms with van der Waals surface area (Å²) in [5.41, 5.74) is 0. The molecule has 1 amide bonds. The van der Waals surface area contributed by atoms with E-state index in [-0.39, 0.29) is 6.54 Å². The normalized spacial score (nSPS) is 10.0. The summed E-state index contributed by atoms with van der Waals surface area (Å²) >= 11 is 0. The van der Waals surface area contributed by atoms with Crippen LogP contribution in [0.15, 0.2) is 0 Å². The van der Waals surface area contributed by atoms with Crippen molar-refractivity contribution >= 4 is 5.91 Å². The zero-order chi connectivity index (χ0) is 7.98.